The number of ether oxygens (including phenoxy) is 1. The summed E-state index contributed by atoms with van der Waals surface area (Å²) in [7, 11) is 0. The number of hydrogen-bond acceptors (Lipinski definition) is 3. The van der Waals surface area contributed by atoms with E-state index in [1.807, 2.05) is 12.1 Å². The van der Waals surface area contributed by atoms with Crippen LogP contribution in [0.4, 0.5) is 0 Å². The van der Waals surface area contributed by atoms with Gasteiger partial charge < -0.3 is 10.1 Å². The molecule has 1 N–H and O–H groups in total. The van der Waals surface area contributed by atoms with Gasteiger partial charge >= 0.3 is 0 Å². The maximum absolute atomic E-state index is 10.9. The third kappa shape index (κ3) is 11.3. The van der Waals surface area contributed by atoms with Gasteiger partial charge in [0.1, 0.15) is 5.75 Å². The van der Waals surface area contributed by atoms with Crippen molar-refractivity contribution < 1.29 is 9.53 Å². The van der Waals surface area contributed by atoms with Crippen molar-refractivity contribution in [2.24, 2.45) is 0 Å². The van der Waals surface area contributed by atoms with E-state index in [2.05, 4.69) is 26.1 Å². The summed E-state index contributed by atoms with van der Waals surface area (Å²) < 4.78 is 5.38. The highest BCUT2D eigenvalue weighted by Crippen LogP contribution is 2.12. The molecule has 3 heteroatoms. The van der Waals surface area contributed by atoms with Gasteiger partial charge in [-0.15, -0.1) is 0 Å². The zero-order valence-electron chi connectivity index (χ0n) is 14.8. The van der Waals surface area contributed by atoms with Crippen LogP contribution in [0.5, 0.6) is 5.75 Å². The number of hydrogen-bond donors (Lipinski definition) is 1. The van der Waals surface area contributed by atoms with E-state index >= 15 is 0 Å². The molecule has 1 aliphatic heterocycles. The Morgan fingerprint density at radius 2 is 1.59 bits per heavy atom. The van der Waals surface area contributed by atoms with E-state index in [4.69, 9.17) is 4.74 Å². The highest BCUT2D eigenvalue weighted by molar-refractivity contribution is 5.94. The largest absolute Gasteiger partial charge is 0.494 e. The van der Waals surface area contributed by atoms with Gasteiger partial charge in [0.15, 0.2) is 5.78 Å². The summed E-state index contributed by atoms with van der Waals surface area (Å²) in [4.78, 5) is 10.9. The molecule has 2 rings (SSSR count). The van der Waals surface area contributed by atoms with E-state index in [-0.39, 0.29) is 5.78 Å². The van der Waals surface area contributed by atoms with E-state index in [1.165, 1.54) is 38.8 Å². The number of carbonyl (C=O) groups excluding carboxylic acids is 1. The number of piperidine rings is 1. The van der Waals surface area contributed by atoms with Crippen LogP contribution in [-0.2, 0) is 0 Å². The molecule has 126 valence electrons. The van der Waals surface area contributed by atoms with Gasteiger partial charge in [0.25, 0.3) is 0 Å². The van der Waals surface area contributed by atoms with Crippen molar-refractivity contribution >= 4 is 5.78 Å². The molecule has 1 heterocycles. The molecular formula is C19H33NO2. The maximum Gasteiger partial charge on any atom is 0.159 e. The molecule has 0 bridgehead atoms. The van der Waals surface area contributed by atoms with Crippen LogP contribution in [0.25, 0.3) is 0 Å². The van der Waals surface area contributed by atoms with Crippen molar-refractivity contribution in [2.45, 2.75) is 59.8 Å². The van der Waals surface area contributed by atoms with E-state index in [0.717, 1.165) is 24.3 Å². The van der Waals surface area contributed by atoms with Crippen molar-refractivity contribution in [3.63, 3.8) is 0 Å². The fourth-order valence-corrected chi connectivity index (χ4v) is 1.81. The topological polar surface area (TPSA) is 38.3 Å². The standard InChI is InChI=1S/C11H14O2.C5H11N.C3H8/c1-3-8-13-11-6-4-10(5-7-11)9(2)12;1-2-4-6-5-3-1;1-3-2/h4-7H,3,8H2,1-2H3;6H,1-5H2;3H2,1-2H3. The predicted octanol–water partition coefficient (Wildman–Crippen LogP) is 4.85. The maximum atomic E-state index is 10.9. The lowest BCUT2D eigenvalue weighted by Crippen LogP contribution is -2.21. The van der Waals surface area contributed by atoms with E-state index < -0.39 is 0 Å². The number of nitrogens with one attached hydrogen (secondary N) is 1. The summed E-state index contributed by atoms with van der Waals surface area (Å²) in [6.07, 6.45) is 6.46. The Hall–Kier alpha value is -1.35. The quantitative estimate of drug-likeness (QED) is 0.808. The molecule has 0 unspecified atom stereocenters. The van der Waals surface area contributed by atoms with Crippen LogP contribution in [0.3, 0.4) is 0 Å². The first-order valence-corrected chi connectivity index (χ1v) is 8.60. The smallest absolute Gasteiger partial charge is 0.159 e. The zero-order chi connectivity index (χ0) is 16.6. The Kier molecular flexibility index (Phi) is 13.7. The van der Waals surface area contributed by atoms with Crippen molar-refractivity contribution in [3.05, 3.63) is 29.8 Å². The van der Waals surface area contributed by atoms with Gasteiger partial charge in [0.05, 0.1) is 6.61 Å². The minimum atomic E-state index is 0.0852. The summed E-state index contributed by atoms with van der Waals surface area (Å²) in [6.45, 7) is 11.1. The first-order chi connectivity index (χ1) is 10.7. The lowest BCUT2D eigenvalue weighted by Gasteiger charge is -2.08. The molecule has 0 aromatic heterocycles. The molecule has 0 atom stereocenters. The summed E-state index contributed by atoms with van der Waals surface area (Å²) in [5, 5.41) is 3.28. The van der Waals surface area contributed by atoms with E-state index in [9.17, 15) is 4.79 Å². The SMILES string of the molecule is C1CCNCC1.CCC.CCCOc1ccc(C(C)=O)cc1. The van der Waals surface area contributed by atoms with Gasteiger partial charge in [0, 0.05) is 5.56 Å². The van der Waals surface area contributed by atoms with Gasteiger partial charge in [-0.05, 0) is 63.5 Å². The first kappa shape index (κ1) is 20.6. The van der Waals surface area contributed by atoms with Crippen molar-refractivity contribution in [1.82, 2.24) is 5.32 Å². The number of ketones is 1. The average Bonchev–Trinajstić information content (AvgIpc) is 2.56. The molecule has 0 radical (unpaired) electrons. The molecule has 0 aliphatic carbocycles. The molecule has 1 aromatic rings. The van der Waals surface area contributed by atoms with Gasteiger partial charge in [-0.1, -0.05) is 33.6 Å². The fourth-order valence-electron chi connectivity index (χ4n) is 1.81. The summed E-state index contributed by atoms with van der Waals surface area (Å²) in [5.74, 6) is 0.911. The van der Waals surface area contributed by atoms with Crippen LogP contribution in [0, 0.1) is 0 Å². The van der Waals surface area contributed by atoms with Gasteiger partial charge in [-0.3, -0.25) is 4.79 Å². The van der Waals surface area contributed by atoms with Crippen LogP contribution >= 0.6 is 0 Å². The predicted molar refractivity (Wildman–Crippen MR) is 94.9 cm³/mol. The van der Waals surface area contributed by atoms with Crippen LogP contribution in [-0.4, -0.2) is 25.5 Å². The van der Waals surface area contributed by atoms with E-state index in [1.54, 1.807) is 19.1 Å². The second-order valence-electron chi connectivity index (χ2n) is 5.45. The molecular weight excluding hydrogens is 274 g/mol. The molecule has 1 aliphatic rings. The third-order valence-electron chi connectivity index (χ3n) is 2.94. The van der Waals surface area contributed by atoms with Gasteiger partial charge in [-0.25, -0.2) is 0 Å². The number of carbonyl (C=O) groups is 1. The average molecular weight is 307 g/mol. The van der Waals surface area contributed by atoms with Crippen LogP contribution < -0.4 is 10.1 Å². The van der Waals surface area contributed by atoms with Crippen molar-refractivity contribution in [3.8, 4) is 5.75 Å². The normalized spacial score (nSPS) is 13.1. The highest BCUT2D eigenvalue weighted by atomic mass is 16.5. The van der Waals surface area contributed by atoms with Crippen molar-refractivity contribution in [1.29, 1.82) is 0 Å². The van der Waals surface area contributed by atoms with Crippen LogP contribution in [0.15, 0.2) is 24.3 Å². The molecule has 0 saturated carbocycles. The highest BCUT2D eigenvalue weighted by Gasteiger charge is 1.98. The summed E-state index contributed by atoms with van der Waals surface area (Å²) >= 11 is 0. The zero-order valence-corrected chi connectivity index (χ0v) is 14.8. The second-order valence-corrected chi connectivity index (χ2v) is 5.45. The van der Waals surface area contributed by atoms with Gasteiger partial charge in [-0.2, -0.15) is 0 Å². The van der Waals surface area contributed by atoms with Crippen LogP contribution in [0.2, 0.25) is 0 Å². The Bertz CT molecular complexity index is 358. The lowest BCUT2D eigenvalue weighted by molar-refractivity contribution is 0.101. The molecule has 0 spiro atoms. The summed E-state index contributed by atoms with van der Waals surface area (Å²) in [6, 6.07) is 7.22. The Labute approximate surface area is 136 Å². The van der Waals surface area contributed by atoms with Crippen LogP contribution in [0.1, 0.15) is 70.2 Å². The van der Waals surface area contributed by atoms with E-state index in [0.29, 0.717) is 0 Å². The number of rotatable bonds is 4. The van der Waals surface area contributed by atoms with Gasteiger partial charge in [0.2, 0.25) is 0 Å². The minimum Gasteiger partial charge on any atom is -0.494 e. The second kappa shape index (κ2) is 14.6. The number of benzene rings is 1. The Morgan fingerprint density at radius 1 is 1.05 bits per heavy atom. The third-order valence-corrected chi connectivity index (χ3v) is 2.94. The molecule has 22 heavy (non-hydrogen) atoms. The summed E-state index contributed by atoms with van der Waals surface area (Å²) in [5.41, 5.74) is 0.726. The molecule has 1 aromatic carbocycles. The molecule has 1 fully saturated rings. The molecule has 0 amide bonds. The van der Waals surface area contributed by atoms with Crippen molar-refractivity contribution in [2.75, 3.05) is 19.7 Å². The Balaban J connectivity index is 0.000000404. The first-order valence-electron chi connectivity index (χ1n) is 8.60. The monoisotopic (exact) mass is 307 g/mol. The minimum absolute atomic E-state index is 0.0852. The number of Topliss-reactive ketones (excluding diaryl/α,β-unsaturated/α-hetero) is 1. The molecule has 3 nitrogen and oxygen atoms in total. The molecule has 1 saturated heterocycles. The Morgan fingerprint density at radius 3 is 1.91 bits per heavy atom. The fraction of sp³-hybridized carbons (Fsp3) is 0.632. The lowest BCUT2D eigenvalue weighted by atomic mass is 10.1.